The zero-order valence-electron chi connectivity index (χ0n) is 22.3. The summed E-state index contributed by atoms with van der Waals surface area (Å²) in [6.07, 6.45) is 12.6. The Labute approximate surface area is 216 Å². The molecule has 0 radical (unpaired) electrons. The molecule has 0 N–H and O–H groups in total. The molecular formula is C29H45FN2O4. The maximum Gasteiger partial charge on any atom is 0.159 e. The van der Waals surface area contributed by atoms with Gasteiger partial charge in [-0.25, -0.2) is 14.4 Å². The van der Waals surface area contributed by atoms with E-state index < -0.39 is 6.17 Å². The van der Waals surface area contributed by atoms with Crippen molar-refractivity contribution in [3.8, 4) is 17.1 Å². The maximum absolute atomic E-state index is 14.4. The van der Waals surface area contributed by atoms with Crippen molar-refractivity contribution in [2.45, 2.75) is 77.8 Å². The zero-order valence-corrected chi connectivity index (χ0v) is 22.3. The van der Waals surface area contributed by atoms with Crippen molar-refractivity contribution < 1.29 is 23.3 Å². The first-order chi connectivity index (χ1) is 17.7. The van der Waals surface area contributed by atoms with Gasteiger partial charge in [0.15, 0.2) is 12.0 Å². The van der Waals surface area contributed by atoms with Gasteiger partial charge in [0.05, 0.1) is 33.0 Å². The molecule has 1 aromatic carbocycles. The second-order valence-corrected chi connectivity index (χ2v) is 8.97. The molecule has 0 spiro atoms. The van der Waals surface area contributed by atoms with Crippen LogP contribution >= 0.6 is 0 Å². The number of unbranched alkanes of at least 4 members (excludes halogenated alkanes) is 6. The number of hydrogen-bond donors (Lipinski definition) is 0. The van der Waals surface area contributed by atoms with Crippen molar-refractivity contribution in [1.82, 2.24) is 9.97 Å². The molecule has 0 amide bonds. The largest absolute Gasteiger partial charge is 0.490 e. The SMILES string of the molecule is CCCCCCCCc1cc(-c2ncccn2)ccc1OCC(F)COCCOCCOCCCC. The van der Waals surface area contributed by atoms with Crippen molar-refractivity contribution in [3.63, 3.8) is 0 Å². The molecule has 1 unspecified atom stereocenters. The summed E-state index contributed by atoms with van der Waals surface area (Å²) >= 11 is 0. The summed E-state index contributed by atoms with van der Waals surface area (Å²) in [5, 5.41) is 0. The van der Waals surface area contributed by atoms with Gasteiger partial charge in [0.25, 0.3) is 0 Å². The lowest BCUT2D eigenvalue weighted by Gasteiger charge is -2.15. The number of ether oxygens (including phenoxy) is 4. The lowest BCUT2D eigenvalue weighted by Crippen LogP contribution is -2.21. The Morgan fingerprint density at radius 3 is 2.17 bits per heavy atom. The maximum atomic E-state index is 14.4. The van der Waals surface area contributed by atoms with Gasteiger partial charge < -0.3 is 18.9 Å². The van der Waals surface area contributed by atoms with Crippen LogP contribution in [0.5, 0.6) is 5.75 Å². The topological polar surface area (TPSA) is 62.7 Å². The van der Waals surface area contributed by atoms with E-state index in [-0.39, 0.29) is 13.2 Å². The Bertz CT molecular complexity index is 794. The number of alkyl halides is 1. The van der Waals surface area contributed by atoms with E-state index in [9.17, 15) is 4.39 Å². The number of aromatic nitrogens is 2. The van der Waals surface area contributed by atoms with Crippen LogP contribution in [0, 0.1) is 0 Å². The van der Waals surface area contributed by atoms with Gasteiger partial charge in [-0.05, 0) is 49.1 Å². The second-order valence-electron chi connectivity index (χ2n) is 8.97. The van der Waals surface area contributed by atoms with Crippen LogP contribution in [0.2, 0.25) is 0 Å². The third kappa shape index (κ3) is 13.3. The molecule has 2 aromatic rings. The van der Waals surface area contributed by atoms with Crippen LogP contribution < -0.4 is 4.74 Å². The minimum Gasteiger partial charge on any atom is -0.490 e. The summed E-state index contributed by atoms with van der Waals surface area (Å²) < 4.78 is 36.6. The predicted molar refractivity (Wildman–Crippen MR) is 142 cm³/mol. The third-order valence-corrected chi connectivity index (χ3v) is 5.79. The molecule has 0 aliphatic carbocycles. The third-order valence-electron chi connectivity index (χ3n) is 5.79. The van der Waals surface area contributed by atoms with Crippen LogP contribution in [0.15, 0.2) is 36.7 Å². The molecule has 0 aliphatic heterocycles. The van der Waals surface area contributed by atoms with Gasteiger partial charge in [0.1, 0.15) is 12.4 Å². The molecule has 0 bridgehead atoms. The standard InChI is InChI=1S/C29H45FN2O4/c1-3-5-7-8-9-10-12-25-22-26(29-31-15-11-16-32-29)13-14-28(25)36-24-27(30)23-35-21-20-34-19-18-33-17-6-4-2/h11,13-16,22,27H,3-10,12,17-21,23-24H2,1-2H3. The van der Waals surface area contributed by atoms with E-state index in [2.05, 4.69) is 29.9 Å². The summed E-state index contributed by atoms with van der Waals surface area (Å²) in [5.41, 5.74) is 2.01. The minimum atomic E-state index is -1.21. The van der Waals surface area contributed by atoms with Crippen LogP contribution in [-0.4, -0.2) is 62.4 Å². The first kappa shape index (κ1) is 30.1. The van der Waals surface area contributed by atoms with Gasteiger partial charge in [-0.1, -0.05) is 52.4 Å². The molecule has 36 heavy (non-hydrogen) atoms. The normalized spacial score (nSPS) is 12.1. The molecule has 1 aromatic heterocycles. The quantitative estimate of drug-likeness (QED) is 0.168. The van der Waals surface area contributed by atoms with Crippen LogP contribution in [0.3, 0.4) is 0 Å². The highest BCUT2D eigenvalue weighted by Gasteiger charge is 2.12. The fourth-order valence-electron chi connectivity index (χ4n) is 3.72. The summed E-state index contributed by atoms with van der Waals surface area (Å²) in [4.78, 5) is 8.71. The number of benzene rings is 1. The van der Waals surface area contributed by atoms with E-state index >= 15 is 0 Å². The van der Waals surface area contributed by atoms with Crippen molar-refractivity contribution in [3.05, 3.63) is 42.2 Å². The predicted octanol–water partition coefficient (Wildman–Crippen LogP) is 6.61. The summed E-state index contributed by atoms with van der Waals surface area (Å²) in [6, 6.07) is 7.71. The first-order valence-corrected chi connectivity index (χ1v) is 13.6. The van der Waals surface area contributed by atoms with Gasteiger partial charge in [-0.15, -0.1) is 0 Å². The summed E-state index contributed by atoms with van der Waals surface area (Å²) in [7, 11) is 0. The molecule has 0 saturated heterocycles. The van der Waals surface area contributed by atoms with Gasteiger partial charge >= 0.3 is 0 Å². The number of halogens is 1. The van der Waals surface area contributed by atoms with E-state index in [0.29, 0.717) is 32.3 Å². The van der Waals surface area contributed by atoms with Gasteiger partial charge in [0, 0.05) is 24.6 Å². The van der Waals surface area contributed by atoms with Gasteiger partial charge in [-0.3, -0.25) is 0 Å². The molecule has 2 rings (SSSR count). The molecule has 0 aliphatic rings. The number of aryl methyl sites for hydroxylation is 1. The highest BCUT2D eigenvalue weighted by atomic mass is 19.1. The van der Waals surface area contributed by atoms with Crippen LogP contribution in [0.1, 0.15) is 70.8 Å². The van der Waals surface area contributed by atoms with Crippen molar-refractivity contribution in [1.29, 1.82) is 0 Å². The van der Waals surface area contributed by atoms with Crippen LogP contribution in [0.25, 0.3) is 11.4 Å². The number of rotatable bonds is 22. The fraction of sp³-hybridized carbons (Fsp3) is 0.655. The molecule has 1 atom stereocenters. The molecule has 6 nitrogen and oxygen atoms in total. The number of hydrogen-bond acceptors (Lipinski definition) is 6. The average molecular weight is 505 g/mol. The molecule has 0 saturated carbocycles. The highest BCUT2D eigenvalue weighted by molar-refractivity contribution is 5.58. The van der Waals surface area contributed by atoms with Gasteiger partial charge in [-0.2, -0.15) is 0 Å². The second kappa shape index (κ2) is 20.0. The van der Waals surface area contributed by atoms with Gasteiger partial charge in [0.2, 0.25) is 0 Å². The molecule has 0 fully saturated rings. The summed E-state index contributed by atoms with van der Waals surface area (Å²) in [6.45, 7) is 6.95. The minimum absolute atomic E-state index is 0.0148. The lowest BCUT2D eigenvalue weighted by molar-refractivity contribution is -0.00170. The molecule has 1 heterocycles. The molecule has 202 valence electrons. The Kier molecular flexibility index (Phi) is 16.8. The van der Waals surface area contributed by atoms with Crippen molar-refractivity contribution in [2.24, 2.45) is 0 Å². The average Bonchev–Trinajstić information content (AvgIpc) is 2.91. The summed E-state index contributed by atoms with van der Waals surface area (Å²) in [5.74, 6) is 1.40. The van der Waals surface area contributed by atoms with E-state index in [1.54, 1.807) is 18.5 Å². The Morgan fingerprint density at radius 1 is 0.750 bits per heavy atom. The van der Waals surface area contributed by atoms with E-state index in [0.717, 1.165) is 49.2 Å². The fourth-order valence-corrected chi connectivity index (χ4v) is 3.72. The highest BCUT2D eigenvalue weighted by Crippen LogP contribution is 2.27. The van der Waals surface area contributed by atoms with E-state index in [1.807, 2.05) is 12.1 Å². The van der Waals surface area contributed by atoms with E-state index in [1.165, 1.54) is 32.1 Å². The van der Waals surface area contributed by atoms with Crippen molar-refractivity contribution >= 4 is 0 Å². The smallest absolute Gasteiger partial charge is 0.159 e. The first-order valence-electron chi connectivity index (χ1n) is 13.6. The molecular weight excluding hydrogens is 459 g/mol. The zero-order chi connectivity index (χ0) is 25.7. The monoisotopic (exact) mass is 504 g/mol. The van der Waals surface area contributed by atoms with E-state index in [4.69, 9.17) is 18.9 Å². The van der Waals surface area contributed by atoms with Crippen LogP contribution in [0.4, 0.5) is 4.39 Å². The molecule has 7 heteroatoms. The number of nitrogens with zero attached hydrogens (tertiary/aromatic N) is 2. The lowest BCUT2D eigenvalue weighted by atomic mass is 10.0. The Balaban J connectivity index is 1.75. The Morgan fingerprint density at radius 2 is 1.42 bits per heavy atom. The Hall–Kier alpha value is -2.09. The van der Waals surface area contributed by atoms with Crippen molar-refractivity contribution in [2.75, 3.05) is 46.2 Å². The van der Waals surface area contributed by atoms with Crippen LogP contribution in [-0.2, 0) is 20.6 Å².